The van der Waals surface area contributed by atoms with Crippen LogP contribution in [0.5, 0.6) is 0 Å². The Hall–Kier alpha value is 0.700. The molecule has 0 saturated carbocycles. The topological polar surface area (TPSA) is 138 Å². The Kier molecular flexibility index (Phi) is 8.08. The number of hydrogen-bond acceptors (Lipinski definition) is 4. The molecule has 0 aromatic heterocycles. The summed E-state index contributed by atoms with van der Waals surface area (Å²) in [5, 5.41) is 0. The summed E-state index contributed by atoms with van der Waals surface area (Å²) in [6.07, 6.45) is 0. The molecule has 4 N–H and O–H groups in total. The Morgan fingerprint density at radius 3 is 1.55 bits per heavy atom. The molecule has 0 aromatic carbocycles. The molecular weight excluding hydrogens is 238 g/mol. The molecule has 7 nitrogen and oxygen atoms in total. The average molecular weight is 242 g/mol. The van der Waals surface area contributed by atoms with E-state index in [0.717, 1.165) is 0 Å². The van der Waals surface area contributed by atoms with E-state index in [1.165, 1.54) is 0 Å². The van der Waals surface area contributed by atoms with Gasteiger partial charge >= 0.3 is 24.6 Å². The van der Waals surface area contributed by atoms with Crippen LogP contribution in [0.3, 0.4) is 0 Å². The molecular formula is H4O7P2S2. The second-order valence-electron chi connectivity index (χ2n) is 0.968. The molecule has 0 saturated heterocycles. The smallest absolute Gasteiger partial charge is 0.445 e. The molecule has 0 aliphatic heterocycles. The van der Waals surface area contributed by atoms with Gasteiger partial charge in [0, 0.05) is 0 Å². The molecule has 0 heterocycles. The van der Waals surface area contributed by atoms with E-state index < -0.39 is 24.6 Å². The molecule has 0 rings (SSSR count). The zero-order chi connectivity index (χ0) is 9.65. The second kappa shape index (κ2) is 6.24. The van der Waals surface area contributed by atoms with Crippen LogP contribution in [0.25, 0.3) is 0 Å². The fourth-order valence-corrected chi connectivity index (χ4v) is 0. The van der Waals surface area contributed by atoms with Crippen LogP contribution < -0.4 is 4.89 Å². The third-order valence-electron chi connectivity index (χ3n) is 0.128. The van der Waals surface area contributed by atoms with Gasteiger partial charge in [0.05, 0.1) is 0 Å². The quantitative estimate of drug-likeness (QED) is 0.319. The van der Waals surface area contributed by atoms with Crippen molar-refractivity contribution >= 4 is 36.5 Å². The van der Waals surface area contributed by atoms with Gasteiger partial charge in [0.2, 0.25) is 0 Å². The molecule has 11 heavy (non-hydrogen) atoms. The lowest BCUT2D eigenvalue weighted by Gasteiger charge is -1.88. The molecule has 0 radical (unpaired) electrons. The molecule has 0 aliphatic rings. The van der Waals surface area contributed by atoms with Crippen LogP contribution in [0.4, 0.5) is 0 Å². The normalized spacial score (nSPS) is 14.5. The first-order valence-electron chi connectivity index (χ1n) is 1.68. The van der Waals surface area contributed by atoms with Gasteiger partial charge in [0.25, 0.3) is 0 Å². The molecule has 0 bridgehead atoms. The summed E-state index contributed by atoms with van der Waals surface area (Å²) in [5.74, 6) is 0. The monoisotopic (exact) mass is 242 g/mol. The SMILES string of the molecule is O=[P+]([O-])S(=O)O.OP(O)(O)=S. The predicted octanol–water partition coefficient (Wildman–Crippen LogP) is -1.59. The maximum atomic E-state index is 9.21. The third-order valence-corrected chi connectivity index (χ3v) is 1.15. The van der Waals surface area contributed by atoms with E-state index in [9.17, 15) is 13.7 Å². The molecule has 0 spiro atoms. The largest absolute Gasteiger partial charge is 0.581 e. The van der Waals surface area contributed by atoms with E-state index in [1.54, 1.807) is 0 Å². The third kappa shape index (κ3) is 36.7. The van der Waals surface area contributed by atoms with Crippen molar-refractivity contribution in [3.8, 4) is 0 Å². The van der Waals surface area contributed by atoms with Gasteiger partial charge in [-0.3, -0.25) is 4.55 Å². The van der Waals surface area contributed by atoms with Crippen LogP contribution in [0.15, 0.2) is 0 Å². The summed E-state index contributed by atoms with van der Waals surface area (Å²) in [4.78, 5) is 31.9. The summed E-state index contributed by atoms with van der Waals surface area (Å²) in [6.45, 7) is -3.81. The first-order valence-corrected chi connectivity index (χ1v) is 7.23. The van der Waals surface area contributed by atoms with Crippen LogP contribution in [0.2, 0.25) is 0 Å². The highest BCUT2D eigenvalue weighted by molar-refractivity contribution is 8.36. The number of hydrogen-bond donors (Lipinski definition) is 4. The first kappa shape index (κ1) is 14.2. The molecule has 2 atom stereocenters. The summed E-state index contributed by atoms with van der Waals surface area (Å²) >= 11 is 3.60. The van der Waals surface area contributed by atoms with E-state index in [0.29, 0.717) is 0 Å². The molecule has 0 aliphatic carbocycles. The Bertz CT molecular complexity index is 170. The highest BCUT2D eigenvalue weighted by Crippen LogP contribution is 2.26. The van der Waals surface area contributed by atoms with E-state index in [1.807, 2.05) is 0 Å². The lowest BCUT2D eigenvalue weighted by Crippen LogP contribution is -1.89. The van der Waals surface area contributed by atoms with Crippen LogP contribution in [0.1, 0.15) is 0 Å². The second-order valence-corrected chi connectivity index (χ2v) is 6.20. The van der Waals surface area contributed by atoms with Gasteiger partial charge in [-0.05, 0) is 11.8 Å². The molecule has 68 valence electrons. The van der Waals surface area contributed by atoms with Gasteiger partial charge in [0.15, 0.2) is 0 Å². The summed E-state index contributed by atoms with van der Waals surface area (Å²) in [5.41, 5.74) is 0. The Labute approximate surface area is 69.9 Å². The van der Waals surface area contributed by atoms with Crippen molar-refractivity contribution < 1.29 is 32.9 Å². The summed E-state index contributed by atoms with van der Waals surface area (Å²) in [7, 11) is -5.80. The van der Waals surface area contributed by atoms with Crippen molar-refractivity contribution in [3.05, 3.63) is 0 Å². The average Bonchev–Trinajstić information content (AvgIpc) is 1.59. The van der Waals surface area contributed by atoms with Crippen LogP contribution >= 0.6 is 13.9 Å². The zero-order valence-electron chi connectivity index (χ0n) is 4.72. The highest BCUT2D eigenvalue weighted by atomic mass is 32.7. The van der Waals surface area contributed by atoms with E-state index in [-0.39, 0.29) is 0 Å². The van der Waals surface area contributed by atoms with Gasteiger partial charge in [-0.2, -0.15) is 4.21 Å². The molecule has 2 unspecified atom stereocenters. The summed E-state index contributed by atoms with van der Waals surface area (Å²) in [6, 6.07) is 0. The lowest BCUT2D eigenvalue weighted by molar-refractivity contribution is -0.158. The summed E-state index contributed by atoms with van der Waals surface area (Å²) < 4.78 is 25.9. The number of rotatable bonds is 1. The Morgan fingerprint density at radius 1 is 1.45 bits per heavy atom. The Morgan fingerprint density at radius 2 is 1.55 bits per heavy atom. The highest BCUT2D eigenvalue weighted by Gasteiger charge is 2.06. The van der Waals surface area contributed by atoms with Crippen molar-refractivity contribution in [1.29, 1.82) is 0 Å². The lowest BCUT2D eigenvalue weighted by atomic mass is 15.8. The maximum Gasteiger partial charge on any atom is 0.445 e. The van der Waals surface area contributed by atoms with Crippen molar-refractivity contribution in [2.45, 2.75) is 0 Å². The maximum absolute atomic E-state index is 9.21. The molecule has 0 amide bonds. The zero-order valence-corrected chi connectivity index (χ0v) is 8.15. The van der Waals surface area contributed by atoms with Crippen molar-refractivity contribution in [1.82, 2.24) is 0 Å². The van der Waals surface area contributed by atoms with Gasteiger partial charge in [-0.15, -0.1) is 0 Å². The predicted molar refractivity (Wildman–Crippen MR) is 39.3 cm³/mol. The van der Waals surface area contributed by atoms with Gasteiger partial charge in [-0.1, -0.05) is 4.57 Å². The van der Waals surface area contributed by atoms with E-state index in [2.05, 4.69) is 11.8 Å². The van der Waals surface area contributed by atoms with Crippen LogP contribution in [0, 0.1) is 0 Å². The van der Waals surface area contributed by atoms with Gasteiger partial charge in [-0.25, -0.2) is 0 Å². The fraction of sp³-hybridized carbons (Fsp3) is 0. The molecule has 0 fully saturated rings. The minimum Gasteiger partial charge on any atom is -0.581 e. The van der Waals surface area contributed by atoms with Crippen molar-refractivity contribution in [2.24, 2.45) is 0 Å². The minimum atomic E-state index is -3.81. The molecule has 0 aromatic rings. The fourth-order valence-electron chi connectivity index (χ4n) is 0. The van der Waals surface area contributed by atoms with Gasteiger partial charge < -0.3 is 19.6 Å². The molecule has 11 heteroatoms. The first-order chi connectivity index (χ1) is 4.64. The minimum absolute atomic E-state index is 2.66. The standard InChI is InChI=1S/HO4PS.H3O3PS/c1-5(2)6(3)4;1-4(2,3)5/h(H,3,4);(H3,1,2,3,5). The van der Waals surface area contributed by atoms with Crippen LogP contribution in [-0.4, -0.2) is 23.4 Å². The Balaban J connectivity index is 0. The van der Waals surface area contributed by atoms with E-state index in [4.69, 9.17) is 19.2 Å². The van der Waals surface area contributed by atoms with Crippen molar-refractivity contribution in [3.63, 3.8) is 0 Å². The van der Waals surface area contributed by atoms with Gasteiger partial charge in [0.1, 0.15) is 0 Å². The van der Waals surface area contributed by atoms with Crippen LogP contribution in [-0.2, 0) is 27.1 Å². The van der Waals surface area contributed by atoms with Crippen molar-refractivity contribution in [2.75, 3.05) is 0 Å². The van der Waals surface area contributed by atoms with E-state index >= 15 is 0 Å².